The molecule has 0 radical (unpaired) electrons. The first kappa shape index (κ1) is 19.1. The summed E-state index contributed by atoms with van der Waals surface area (Å²) in [5.74, 6) is -0.517. The lowest BCUT2D eigenvalue weighted by Crippen LogP contribution is -2.39. The highest BCUT2D eigenvalue weighted by atomic mass is 32.2. The molecule has 2 fully saturated rings. The van der Waals surface area contributed by atoms with E-state index in [9.17, 15) is 0 Å². The van der Waals surface area contributed by atoms with Gasteiger partial charge in [0.05, 0.1) is 29.4 Å². The number of hydrogen-bond donors (Lipinski definition) is 0. The second-order valence-electron chi connectivity index (χ2n) is 7.92. The van der Waals surface area contributed by atoms with E-state index in [0.29, 0.717) is 12.4 Å². The monoisotopic (exact) mass is 390 g/mol. The predicted octanol–water partition coefficient (Wildman–Crippen LogP) is 3.70. The third-order valence-electron chi connectivity index (χ3n) is 4.70. The number of benzene rings is 1. The molecule has 0 aliphatic carbocycles. The molecule has 2 aliphatic rings. The van der Waals surface area contributed by atoms with E-state index in [-0.39, 0.29) is 18.3 Å². The average molecular weight is 391 g/mol. The van der Waals surface area contributed by atoms with Gasteiger partial charge in [0.15, 0.2) is 11.6 Å². The van der Waals surface area contributed by atoms with Gasteiger partial charge in [-0.2, -0.15) is 0 Å². The number of para-hydroxylation sites is 2. The quantitative estimate of drug-likeness (QED) is 0.738. The van der Waals surface area contributed by atoms with Gasteiger partial charge in [-0.25, -0.2) is 9.97 Å². The zero-order valence-corrected chi connectivity index (χ0v) is 17.2. The lowest BCUT2D eigenvalue weighted by molar-refractivity contribution is -0.174. The van der Waals surface area contributed by atoms with E-state index in [2.05, 4.69) is 4.98 Å². The first-order valence-electron chi connectivity index (χ1n) is 9.26. The van der Waals surface area contributed by atoms with Crippen LogP contribution in [-0.2, 0) is 18.9 Å². The maximum absolute atomic E-state index is 6.16. The molecule has 4 rings (SSSR count). The minimum atomic E-state index is -0.643. The summed E-state index contributed by atoms with van der Waals surface area (Å²) < 4.78 is 24.1. The molecule has 7 heteroatoms. The van der Waals surface area contributed by atoms with Crippen LogP contribution in [0, 0.1) is 6.92 Å². The van der Waals surface area contributed by atoms with Gasteiger partial charge >= 0.3 is 0 Å². The van der Waals surface area contributed by atoms with Crippen molar-refractivity contribution < 1.29 is 18.9 Å². The second kappa shape index (κ2) is 6.97. The van der Waals surface area contributed by atoms with Crippen LogP contribution in [-0.4, -0.2) is 52.2 Å². The largest absolute Gasteiger partial charge is 0.348 e. The molecular weight excluding hydrogens is 364 g/mol. The van der Waals surface area contributed by atoms with Crippen LogP contribution >= 0.6 is 11.8 Å². The minimum absolute atomic E-state index is 0.111. The minimum Gasteiger partial charge on any atom is -0.348 e. The summed E-state index contributed by atoms with van der Waals surface area (Å²) in [7, 11) is 0. The fourth-order valence-corrected chi connectivity index (χ4v) is 4.55. The Morgan fingerprint density at radius 3 is 2.37 bits per heavy atom. The van der Waals surface area contributed by atoms with E-state index in [0.717, 1.165) is 21.8 Å². The summed E-state index contributed by atoms with van der Waals surface area (Å²) in [6.07, 6.45) is -0.431. The molecule has 2 aliphatic heterocycles. The molecule has 0 N–H and O–H groups in total. The Morgan fingerprint density at radius 2 is 1.70 bits per heavy atom. The number of fused-ring (bicyclic) bond motifs is 1. The van der Waals surface area contributed by atoms with Crippen molar-refractivity contribution in [3.05, 3.63) is 30.0 Å². The lowest BCUT2D eigenvalue weighted by Gasteiger charge is -2.23. The van der Waals surface area contributed by atoms with E-state index in [1.165, 1.54) is 0 Å². The summed E-state index contributed by atoms with van der Waals surface area (Å²) in [5, 5.41) is 0.921. The molecule has 0 bridgehead atoms. The Labute approximate surface area is 163 Å². The van der Waals surface area contributed by atoms with Crippen molar-refractivity contribution in [2.24, 2.45) is 0 Å². The van der Waals surface area contributed by atoms with Gasteiger partial charge in [-0.1, -0.05) is 12.1 Å². The number of nitrogens with zero attached hydrogens (tertiary/aromatic N) is 2. The molecule has 3 heterocycles. The van der Waals surface area contributed by atoms with Gasteiger partial charge in [-0.05, 0) is 46.8 Å². The molecule has 3 atom stereocenters. The smallest absolute Gasteiger partial charge is 0.163 e. The van der Waals surface area contributed by atoms with Gasteiger partial charge < -0.3 is 18.9 Å². The van der Waals surface area contributed by atoms with E-state index in [1.54, 1.807) is 11.8 Å². The first-order valence-corrected chi connectivity index (χ1v) is 10.2. The van der Waals surface area contributed by atoms with Crippen molar-refractivity contribution in [3.8, 4) is 0 Å². The highest BCUT2D eigenvalue weighted by Crippen LogP contribution is 2.37. The second-order valence-corrected chi connectivity index (χ2v) is 8.93. The van der Waals surface area contributed by atoms with Gasteiger partial charge in [-0.3, -0.25) is 0 Å². The number of hydrogen-bond acceptors (Lipinski definition) is 7. The van der Waals surface area contributed by atoms with Crippen molar-refractivity contribution >= 4 is 22.8 Å². The zero-order valence-electron chi connectivity index (χ0n) is 16.4. The number of rotatable bonds is 4. The fourth-order valence-electron chi connectivity index (χ4n) is 3.55. The molecular formula is C20H26N2O4S. The highest BCUT2D eigenvalue weighted by Gasteiger charge is 2.49. The van der Waals surface area contributed by atoms with Gasteiger partial charge in [0.1, 0.15) is 17.2 Å². The maximum Gasteiger partial charge on any atom is 0.163 e. The number of ether oxygens (including phenoxy) is 4. The standard InChI is InChI=1S/C20H26N2O4S/c1-12-18(22-14-9-7-6-8-13(14)21-12)27-11-16-17(26-20(4,5)25-16)15-10-23-19(2,3)24-15/h6-9,15-17H,10-11H2,1-5H3/t15-,16+,17+/m1/s1. The Balaban J connectivity index is 1.50. The molecule has 0 amide bonds. The van der Waals surface area contributed by atoms with Crippen LogP contribution in [0.15, 0.2) is 29.3 Å². The summed E-state index contributed by atoms with van der Waals surface area (Å²) in [6, 6.07) is 7.92. The Kier molecular flexibility index (Phi) is 4.93. The molecule has 6 nitrogen and oxygen atoms in total. The molecule has 2 saturated heterocycles. The number of aromatic nitrogens is 2. The highest BCUT2D eigenvalue weighted by molar-refractivity contribution is 7.99. The van der Waals surface area contributed by atoms with Gasteiger partial charge in [0.25, 0.3) is 0 Å². The SMILES string of the molecule is Cc1nc2ccccc2nc1SC[C@@H]1OC(C)(C)O[C@H]1[C@H]1COC(C)(C)O1. The van der Waals surface area contributed by atoms with Crippen LogP contribution in [0.2, 0.25) is 0 Å². The zero-order chi connectivity index (χ0) is 19.2. The number of aryl methyl sites for hydroxylation is 1. The molecule has 0 spiro atoms. The molecule has 27 heavy (non-hydrogen) atoms. The molecule has 2 aromatic rings. The molecule has 1 aromatic carbocycles. The topological polar surface area (TPSA) is 62.7 Å². The first-order chi connectivity index (χ1) is 12.7. The molecule has 146 valence electrons. The van der Waals surface area contributed by atoms with Gasteiger partial charge in [0, 0.05) is 5.75 Å². The van der Waals surface area contributed by atoms with Crippen LogP contribution < -0.4 is 0 Å². The Hall–Kier alpha value is -1.25. The maximum atomic E-state index is 6.16. The summed E-state index contributed by atoms with van der Waals surface area (Å²) in [5.41, 5.74) is 2.74. The third-order valence-corrected chi connectivity index (χ3v) is 5.86. The van der Waals surface area contributed by atoms with Crippen LogP contribution in [0.3, 0.4) is 0 Å². The van der Waals surface area contributed by atoms with Crippen LogP contribution in [0.1, 0.15) is 33.4 Å². The van der Waals surface area contributed by atoms with Crippen LogP contribution in [0.25, 0.3) is 11.0 Å². The van der Waals surface area contributed by atoms with Crippen molar-refractivity contribution in [1.29, 1.82) is 0 Å². The summed E-state index contributed by atoms with van der Waals surface area (Å²) in [6.45, 7) is 10.2. The molecule has 0 saturated carbocycles. The summed E-state index contributed by atoms with van der Waals surface area (Å²) >= 11 is 1.65. The van der Waals surface area contributed by atoms with Crippen molar-refractivity contribution in [3.63, 3.8) is 0 Å². The van der Waals surface area contributed by atoms with Crippen LogP contribution in [0.5, 0.6) is 0 Å². The molecule has 1 aromatic heterocycles. The van der Waals surface area contributed by atoms with Crippen LogP contribution in [0.4, 0.5) is 0 Å². The third kappa shape index (κ3) is 4.12. The van der Waals surface area contributed by atoms with Crippen molar-refractivity contribution in [2.45, 2.75) is 69.5 Å². The predicted molar refractivity (Wildman–Crippen MR) is 104 cm³/mol. The van der Waals surface area contributed by atoms with E-state index < -0.39 is 11.6 Å². The van der Waals surface area contributed by atoms with Gasteiger partial charge in [0.2, 0.25) is 0 Å². The normalized spacial score (nSPS) is 29.4. The van der Waals surface area contributed by atoms with Crippen molar-refractivity contribution in [1.82, 2.24) is 9.97 Å². The van der Waals surface area contributed by atoms with Gasteiger partial charge in [-0.15, -0.1) is 11.8 Å². The average Bonchev–Trinajstić information content (AvgIpc) is 3.11. The Morgan fingerprint density at radius 1 is 1.00 bits per heavy atom. The molecule has 0 unspecified atom stereocenters. The summed E-state index contributed by atoms with van der Waals surface area (Å²) in [4.78, 5) is 9.43. The lowest BCUT2D eigenvalue weighted by atomic mass is 10.1. The fraction of sp³-hybridized carbons (Fsp3) is 0.600. The van der Waals surface area contributed by atoms with Crippen molar-refractivity contribution in [2.75, 3.05) is 12.4 Å². The van der Waals surface area contributed by atoms with E-state index in [1.807, 2.05) is 58.9 Å². The number of thioether (sulfide) groups is 1. The van der Waals surface area contributed by atoms with E-state index in [4.69, 9.17) is 23.9 Å². The van der Waals surface area contributed by atoms with E-state index >= 15 is 0 Å². The Bertz CT molecular complexity index is 842.